The van der Waals surface area contributed by atoms with Crippen molar-refractivity contribution in [3.63, 3.8) is 0 Å². The predicted molar refractivity (Wildman–Crippen MR) is 102 cm³/mol. The number of benzene rings is 1. The minimum Gasteiger partial charge on any atom is -0.352 e. The van der Waals surface area contributed by atoms with E-state index in [0.29, 0.717) is 45.0 Å². The Morgan fingerprint density at radius 1 is 1.23 bits per heavy atom. The molecule has 3 N–H and O–H groups in total. The summed E-state index contributed by atoms with van der Waals surface area (Å²) in [5.74, 6) is 1.86. The van der Waals surface area contributed by atoms with E-state index in [1.54, 1.807) is 24.5 Å². The molecule has 0 unspecified atom stereocenters. The van der Waals surface area contributed by atoms with Crippen molar-refractivity contribution < 1.29 is 0 Å². The van der Waals surface area contributed by atoms with E-state index in [0.717, 1.165) is 11.3 Å². The molecular formula is C17H11Cl2N7. The van der Waals surface area contributed by atoms with Gasteiger partial charge in [-0.3, -0.25) is 4.99 Å². The fourth-order valence-electron chi connectivity index (χ4n) is 2.59. The van der Waals surface area contributed by atoms with Gasteiger partial charge in [-0.25, -0.2) is 9.97 Å². The minimum absolute atomic E-state index is 0.350. The van der Waals surface area contributed by atoms with Crippen LogP contribution in [0.25, 0.3) is 22.4 Å². The third kappa shape index (κ3) is 2.96. The molecule has 0 saturated heterocycles. The van der Waals surface area contributed by atoms with Gasteiger partial charge in [-0.15, -0.1) is 0 Å². The van der Waals surface area contributed by atoms with Crippen molar-refractivity contribution >= 4 is 46.3 Å². The van der Waals surface area contributed by atoms with Crippen LogP contribution in [0.3, 0.4) is 0 Å². The topological polar surface area (TPSA) is 102 Å². The lowest BCUT2D eigenvalue weighted by molar-refractivity contribution is 0.824. The summed E-state index contributed by atoms with van der Waals surface area (Å²) in [6, 6.07) is 6.96. The smallest absolute Gasteiger partial charge is 0.159 e. The molecule has 1 aromatic carbocycles. The highest BCUT2D eigenvalue weighted by Gasteiger charge is 2.17. The first-order valence-electron chi connectivity index (χ1n) is 7.61. The maximum Gasteiger partial charge on any atom is 0.159 e. The van der Waals surface area contributed by atoms with Gasteiger partial charge in [0, 0.05) is 12.4 Å². The lowest BCUT2D eigenvalue weighted by atomic mass is 10.1. The molecule has 4 rings (SSSR count). The molecule has 3 aromatic rings. The number of hydrogen-bond acceptors (Lipinski definition) is 6. The van der Waals surface area contributed by atoms with Gasteiger partial charge in [0.25, 0.3) is 0 Å². The van der Waals surface area contributed by atoms with Crippen molar-refractivity contribution in [1.82, 2.24) is 20.3 Å². The van der Waals surface area contributed by atoms with Crippen LogP contribution in [0.4, 0.5) is 5.82 Å². The summed E-state index contributed by atoms with van der Waals surface area (Å²) in [5, 5.41) is 16.0. The van der Waals surface area contributed by atoms with Crippen LogP contribution < -0.4 is 10.6 Å². The van der Waals surface area contributed by atoms with Crippen LogP contribution in [0.15, 0.2) is 41.3 Å². The molecule has 7 nitrogen and oxygen atoms in total. The van der Waals surface area contributed by atoms with Crippen LogP contribution in [0.1, 0.15) is 5.56 Å². The number of rotatable bonds is 3. The number of nitrogens with one attached hydrogen (secondary N) is 3. The van der Waals surface area contributed by atoms with Crippen LogP contribution in [-0.4, -0.2) is 27.8 Å². The number of allylic oxidation sites excluding steroid dienone is 1. The monoisotopic (exact) mass is 383 g/mol. The highest BCUT2D eigenvalue weighted by Crippen LogP contribution is 2.35. The van der Waals surface area contributed by atoms with E-state index in [1.165, 1.54) is 0 Å². The molecule has 1 aliphatic heterocycles. The molecule has 3 heterocycles. The van der Waals surface area contributed by atoms with Crippen molar-refractivity contribution in [2.75, 3.05) is 12.0 Å². The Morgan fingerprint density at radius 2 is 2.04 bits per heavy atom. The highest BCUT2D eigenvalue weighted by molar-refractivity contribution is 6.39. The molecule has 26 heavy (non-hydrogen) atoms. The standard InChI is InChI=1S/C17H11Cl2N7/c18-10-5-9(7-20)6-11(19)14(10)16-24-12-1-4-22-17(15(12)26-16)25-13-2-3-21-8-23-13/h1-6,23H,8H2,(H,22,25)(H,24,26). The Morgan fingerprint density at radius 3 is 2.73 bits per heavy atom. The Hall–Kier alpha value is -3.08. The minimum atomic E-state index is 0.350. The molecule has 0 bridgehead atoms. The first-order valence-corrected chi connectivity index (χ1v) is 8.36. The van der Waals surface area contributed by atoms with Crippen LogP contribution in [-0.2, 0) is 0 Å². The Bertz CT molecular complexity index is 1080. The highest BCUT2D eigenvalue weighted by atomic mass is 35.5. The van der Waals surface area contributed by atoms with Crippen molar-refractivity contribution in [1.29, 1.82) is 5.26 Å². The van der Waals surface area contributed by atoms with E-state index in [2.05, 4.69) is 30.6 Å². The van der Waals surface area contributed by atoms with E-state index < -0.39 is 0 Å². The molecule has 0 saturated carbocycles. The molecule has 0 aliphatic carbocycles. The third-order valence-electron chi connectivity index (χ3n) is 3.77. The van der Waals surface area contributed by atoms with Crippen LogP contribution in [0.5, 0.6) is 0 Å². The van der Waals surface area contributed by atoms with Gasteiger partial charge in [-0.2, -0.15) is 5.26 Å². The molecular weight excluding hydrogens is 373 g/mol. The van der Waals surface area contributed by atoms with Crippen molar-refractivity contribution in [3.05, 3.63) is 51.9 Å². The first-order chi connectivity index (χ1) is 12.7. The fraction of sp³-hybridized carbons (Fsp3) is 0.0588. The number of fused-ring (bicyclic) bond motifs is 1. The van der Waals surface area contributed by atoms with E-state index >= 15 is 0 Å². The zero-order valence-corrected chi connectivity index (χ0v) is 14.7. The van der Waals surface area contributed by atoms with Gasteiger partial charge in [-0.1, -0.05) is 23.2 Å². The lowest BCUT2D eigenvalue weighted by Crippen LogP contribution is -2.23. The predicted octanol–water partition coefficient (Wildman–Crippen LogP) is 3.69. The van der Waals surface area contributed by atoms with Gasteiger partial charge in [-0.05, 0) is 24.3 Å². The molecule has 0 amide bonds. The summed E-state index contributed by atoms with van der Waals surface area (Å²) in [4.78, 5) is 16.2. The van der Waals surface area contributed by atoms with Gasteiger partial charge in [0.05, 0.1) is 32.8 Å². The fourth-order valence-corrected chi connectivity index (χ4v) is 3.26. The molecule has 9 heteroatoms. The SMILES string of the molecule is N#Cc1cc(Cl)c(-c2nc3c(NC4=CC=NCN4)nccc3[nH]2)c(Cl)c1. The van der Waals surface area contributed by atoms with Gasteiger partial charge >= 0.3 is 0 Å². The second kappa shape index (κ2) is 6.67. The largest absolute Gasteiger partial charge is 0.352 e. The van der Waals surface area contributed by atoms with Crippen molar-refractivity contribution in [2.24, 2.45) is 4.99 Å². The van der Waals surface area contributed by atoms with Gasteiger partial charge in [0.1, 0.15) is 23.8 Å². The maximum atomic E-state index is 9.03. The summed E-state index contributed by atoms with van der Waals surface area (Å²) >= 11 is 12.6. The number of hydrogen-bond donors (Lipinski definition) is 3. The summed E-state index contributed by atoms with van der Waals surface area (Å²) in [7, 11) is 0. The molecule has 0 radical (unpaired) electrons. The summed E-state index contributed by atoms with van der Waals surface area (Å²) in [6.07, 6.45) is 5.20. The summed E-state index contributed by atoms with van der Waals surface area (Å²) in [5.41, 5.74) is 2.35. The number of imidazole rings is 1. The zero-order valence-electron chi connectivity index (χ0n) is 13.2. The Balaban J connectivity index is 1.80. The number of nitriles is 1. The Labute approximate surface area is 158 Å². The number of aromatic nitrogens is 3. The summed E-state index contributed by atoms with van der Waals surface area (Å²) < 4.78 is 0. The van der Waals surface area contributed by atoms with E-state index in [9.17, 15) is 0 Å². The van der Waals surface area contributed by atoms with Gasteiger partial charge in [0.2, 0.25) is 0 Å². The number of nitrogens with zero attached hydrogens (tertiary/aromatic N) is 4. The van der Waals surface area contributed by atoms with Crippen molar-refractivity contribution in [3.8, 4) is 17.5 Å². The number of H-pyrrole nitrogens is 1. The molecule has 0 fully saturated rings. The molecule has 0 atom stereocenters. The lowest BCUT2D eigenvalue weighted by Gasteiger charge is -2.13. The average molecular weight is 384 g/mol. The van der Waals surface area contributed by atoms with Gasteiger partial charge < -0.3 is 15.6 Å². The maximum absolute atomic E-state index is 9.03. The van der Waals surface area contributed by atoms with E-state index in [-0.39, 0.29) is 0 Å². The molecule has 0 spiro atoms. The molecule has 128 valence electrons. The first kappa shape index (κ1) is 16.4. The number of anilines is 1. The van der Waals surface area contributed by atoms with Crippen molar-refractivity contribution in [2.45, 2.75) is 0 Å². The normalized spacial score (nSPS) is 13.2. The van der Waals surface area contributed by atoms with Crippen LogP contribution >= 0.6 is 23.2 Å². The number of halogens is 2. The number of aliphatic imine (C=N–C) groups is 1. The zero-order chi connectivity index (χ0) is 18.1. The molecule has 1 aliphatic rings. The quantitative estimate of drug-likeness (QED) is 0.639. The van der Waals surface area contributed by atoms with Crippen LogP contribution in [0, 0.1) is 11.3 Å². The van der Waals surface area contributed by atoms with Crippen LogP contribution in [0.2, 0.25) is 10.0 Å². The van der Waals surface area contributed by atoms with E-state index in [4.69, 9.17) is 28.5 Å². The Kier molecular flexibility index (Phi) is 4.21. The van der Waals surface area contributed by atoms with Gasteiger partial charge in [0.15, 0.2) is 5.82 Å². The second-order valence-electron chi connectivity index (χ2n) is 5.44. The van der Waals surface area contributed by atoms with E-state index in [1.807, 2.05) is 18.2 Å². The second-order valence-corrected chi connectivity index (χ2v) is 6.25. The number of pyridine rings is 1. The summed E-state index contributed by atoms with van der Waals surface area (Å²) in [6.45, 7) is 0.497. The number of aromatic amines is 1. The average Bonchev–Trinajstić information content (AvgIpc) is 3.06. The third-order valence-corrected chi connectivity index (χ3v) is 4.37. The molecule has 2 aromatic heterocycles.